The van der Waals surface area contributed by atoms with Crippen LogP contribution in [0.4, 0.5) is 0 Å². The molecular formula is C15H16O3. The Hall–Kier alpha value is -1.77. The maximum absolute atomic E-state index is 11.5. The van der Waals surface area contributed by atoms with Crippen LogP contribution in [0.15, 0.2) is 10.7 Å². The van der Waals surface area contributed by atoms with Crippen LogP contribution in [0.2, 0.25) is 0 Å². The summed E-state index contributed by atoms with van der Waals surface area (Å²) in [7, 11) is 0. The van der Waals surface area contributed by atoms with E-state index in [0.29, 0.717) is 17.1 Å². The van der Waals surface area contributed by atoms with Gasteiger partial charge in [-0.15, -0.1) is 0 Å². The van der Waals surface area contributed by atoms with Gasteiger partial charge in [-0.3, -0.25) is 4.79 Å². The summed E-state index contributed by atoms with van der Waals surface area (Å²) in [5.74, 6) is 0.545. The molecule has 1 aromatic carbocycles. The number of hydrogen-bond acceptors (Lipinski definition) is 3. The van der Waals surface area contributed by atoms with E-state index in [9.17, 15) is 9.90 Å². The number of hydrogen-bond donors (Lipinski definition) is 1. The molecule has 18 heavy (non-hydrogen) atoms. The number of furan rings is 1. The molecule has 1 N–H and O–H groups in total. The predicted octanol–water partition coefficient (Wildman–Crippen LogP) is 3.70. The van der Waals surface area contributed by atoms with Crippen LogP contribution in [0.3, 0.4) is 0 Å². The Morgan fingerprint density at radius 2 is 2.28 bits per heavy atom. The minimum absolute atomic E-state index is 0.227. The number of carbonyl (C=O) groups is 1. The van der Waals surface area contributed by atoms with E-state index in [0.717, 1.165) is 47.6 Å². The molecule has 1 aromatic heterocycles. The lowest BCUT2D eigenvalue weighted by Gasteiger charge is -2.25. The molecule has 0 amide bonds. The number of fused-ring (bicyclic) bond motifs is 2. The zero-order chi connectivity index (χ0) is 12.9. The third-order valence-corrected chi connectivity index (χ3v) is 4.04. The zero-order valence-electron chi connectivity index (χ0n) is 10.6. The van der Waals surface area contributed by atoms with E-state index >= 15 is 0 Å². The van der Waals surface area contributed by atoms with E-state index in [2.05, 4.69) is 6.92 Å². The van der Waals surface area contributed by atoms with E-state index < -0.39 is 0 Å². The Bertz CT molecular complexity index is 637. The first kappa shape index (κ1) is 11.3. The van der Waals surface area contributed by atoms with Crippen molar-refractivity contribution in [2.75, 3.05) is 0 Å². The molecule has 3 rings (SSSR count). The minimum atomic E-state index is 0.227. The van der Waals surface area contributed by atoms with Gasteiger partial charge in [0.25, 0.3) is 0 Å². The summed E-state index contributed by atoms with van der Waals surface area (Å²) in [5, 5.41) is 11.1. The summed E-state index contributed by atoms with van der Waals surface area (Å²) < 4.78 is 5.41. The van der Waals surface area contributed by atoms with Gasteiger partial charge in [0.1, 0.15) is 0 Å². The van der Waals surface area contributed by atoms with Crippen molar-refractivity contribution in [3.63, 3.8) is 0 Å². The molecule has 0 fully saturated rings. The third kappa shape index (κ3) is 1.33. The number of phenols is 1. The fraction of sp³-hybridized carbons (Fsp3) is 0.400. The lowest BCUT2D eigenvalue weighted by atomic mass is 9.79. The molecule has 94 valence electrons. The van der Waals surface area contributed by atoms with Gasteiger partial charge in [0, 0.05) is 16.5 Å². The number of aromatic hydroxyl groups is 1. The standard InChI is InChI=1S/C15H16O3/c1-8-4-3-5-10-12(8)11(6-16)13-9(2)7-18-15(13)14(10)17/h6-8,17H,3-5H2,1-2H3. The van der Waals surface area contributed by atoms with E-state index in [1.165, 1.54) is 0 Å². The lowest BCUT2D eigenvalue weighted by molar-refractivity contribution is 0.112. The summed E-state index contributed by atoms with van der Waals surface area (Å²) in [6.45, 7) is 4.02. The average molecular weight is 244 g/mol. The van der Waals surface area contributed by atoms with Gasteiger partial charge < -0.3 is 9.52 Å². The smallest absolute Gasteiger partial charge is 0.176 e. The molecule has 1 unspecified atom stereocenters. The Balaban J connectivity index is 2.50. The molecule has 2 aromatic rings. The fourth-order valence-corrected chi connectivity index (χ4v) is 3.18. The Labute approximate surface area is 105 Å². The first-order valence-corrected chi connectivity index (χ1v) is 6.35. The lowest BCUT2D eigenvalue weighted by Crippen LogP contribution is -2.11. The Morgan fingerprint density at radius 1 is 1.50 bits per heavy atom. The van der Waals surface area contributed by atoms with E-state index in [4.69, 9.17) is 4.42 Å². The fourth-order valence-electron chi connectivity index (χ4n) is 3.18. The molecule has 0 saturated heterocycles. The van der Waals surface area contributed by atoms with E-state index in [-0.39, 0.29) is 5.75 Å². The van der Waals surface area contributed by atoms with E-state index in [1.807, 2.05) is 6.92 Å². The van der Waals surface area contributed by atoms with Crippen LogP contribution in [-0.4, -0.2) is 11.4 Å². The molecular weight excluding hydrogens is 228 g/mol. The van der Waals surface area contributed by atoms with Gasteiger partial charge in [0.15, 0.2) is 17.6 Å². The van der Waals surface area contributed by atoms with Gasteiger partial charge in [-0.05, 0) is 43.2 Å². The quantitative estimate of drug-likeness (QED) is 0.778. The van der Waals surface area contributed by atoms with Crippen molar-refractivity contribution in [3.05, 3.63) is 28.5 Å². The Kier molecular flexibility index (Phi) is 2.44. The molecule has 0 aliphatic heterocycles. The van der Waals surface area contributed by atoms with Crippen molar-refractivity contribution in [3.8, 4) is 5.75 Å². The number of carbonyl (C=O) groups excluding carboxylic acids is 1. The molecule has 1 atom stereocenters. The van der Waals surface area contributed by atoms with Crippen molar-refractivity contribution in [2.24, 2.45) is 0 Å². The molecule has 0 spiro atoms. The highest BCUT2D eigenvalue weighted by atomic mass is 16.3. The molecule has 3 nitrogen and oxygen atoms in total. The second kappa shape index (κ2) is 3.87. The van der Waals surface area contributed by atoms with Gasteiger partial charge in [-0.1, -0.05) is 6.92 Å². The SMILES string of the molecule is Cc1coc2c(O)c3c(c(C=O)c12)C(C)CCC3. The normalized spacial score (nSPS) is 18.9. The second-order valence-electron chi connectivity index (χ2n) is 5.19. The van der Waals surface area contributed by atoms with Crippen LogP contribution < -0.4 is 0 Å². The van der Waals surface area contributed by atoms with Crippen LogP contribution in [0.1, 0.15) is 52.7 Å². The average Bonchev–Trinajstić information content (AvgIpc) is 2.74. The number of phenolic OH excluding ortho intramolecular Hbond substituents is 1. The minimum Gasteiger partial charge on any atom is -0.504 e. The van der Waals surface area contributed by atoms with Gasteiger partial charge in [0.2, 0.25) is 0 Å². The Morgan fingerprint density at radius 3 is 3.00 bits per heavy atom. The molecule has 0 bridgehead atoms. The zero-order valence-corrected chi connectivity index (χ0v) is 10.6. The topological polar surface area (TPSA) is 50.4 Å². The maximum atomic E-state index is 11.5. The number of aldehydes is 1. The van der Waals surface area contributed by atoms with Crippen molar-refractivity contribution in [1.29, 1.82) is 0 Å². The monoisotopic (exact) mass is 244 g/mol. The van der Waals surface area contributed by atoms with Gasteiger partial charge in [-0.2, -0.15) is 0 Å². The summed E-state index contributed by atoms with van der Waals surface area (Å²) in [5.41, 5.74) is 3.99. The largest absolute Gasteiger partial charge is 0.504 e. The van der Waals surface area contributed by atoms with Crippen LogP contribution in [0.5, 0.6) is 5.75 Å². The van der Waals surface area contributed by atoms with E-state index in [1.54, 1.807) is 6.26 Å². The number of rotatable bonds is 1. The molecule has 1 aliphatic rings. The third-order valence-electron chi connectivity index (χ3n) is 4.04. The molecule has 3 heteroatoms. The highest BCUT2D eigenvalue weighted by Crippen LogP contribution is 2.44. The number of aryl methyl sites for hydroxylation is 1. The van der Waals surface area contributed by atoms with Crippen molar-refractivity contribution < 1.29 is 14.3 Å². The predicted molar refractivity (Wildman–Crippen MR) is 69.4 cm³/mol. The maximum Gasteiger partial charge on any atom is 0.176 e. The first-order chi connectivity index (χ1) is 8.65. The van der Waals surface area contributed by atoms with Gasteiger partial charge >= 0.3 is 0 Å². The van der Waals surface area contributed by atoms with Crippen LogP contribution in [0.25, 0.3) is 11.0 Å². The first-order valence-electron chi connectivity index (χ1n) is 6.35. The van der Waals surface area contributed by atoms with Gasteiger partial charge in [0.05, 0.1) is 6.26 Å². The summed E-state index contributed by atoms with van der Waals surface area (Å²) in [6, 6.07) is 0. The molecule has 0 saturated carbocycles. The summed E-state index contributed by atoms with van der Waals surface area (Å²) in [4.78, 5) is 11.5. The van der Waals surface area contributed by atoms with Gasteiger partial charge in [-0.25, -0.2) is 0 Å². The van der Waals surface area contributed by atoms with Crippen LogP contribution in [-0.2, 0) is 6.42 Å². The van der Waals surface area contributed by atoms with Crippen LogP contribution in [0, 0.1) is 6.92 Å². The number of benzene rings is 1. The van der Waals surface area contributed by atoms with Crippen molar-refractivity contribution in [1.82, 2.24) is 0 Å². The molecule has 0 radical (unpaired) electrons. The summed E-state index contributed by atoms with van der Waals surface area (Å²) in [6.07, 6.45) is 5.45. The highest BCUT2D eigenvalue weighted by Gasteiger charge is 2.27. The summed E-state index contributed by atoms with van der Waals surface area (Å²) >= 11 is 0. The second-order valence-corrected chi connectivity index (χ2v) is 5.19. The van der Waals surface area contributed by atoms with Crippen molar-refractivity contribution in [2.45, 2.75) is 39.0 Å². The highest BCUT2D eigenvalue weighted by molar-refractivity contribution is 6.03. The van der Waals surface area contributed by atoms with Crippen LogP contribution >= 0.6 is 0 Å². The van der Waals surface area contributed by atoms with Crippen molar-refractivity contribution >= 4 is 17.3 Å². The molecule has 1 heterocycles. The molecule has 1 aliphatic carbocycles.